The molecule has 0 fully saturated rings. The Kier molecular flexibility index (Phi) is 5.52. The van der Waals surface area contributed by atoms with Crippen molar-refractivity contribution in [1.29, 1.82) is 5.26 Å². The summed E-state index contributed by atoms with van der Waals surface area (Å²) in [5.74, 6) is 0.195. The lowest BCUT2D eigenvalue weighted by molar-refractivity contribution is 0.474. The van der Waals surface area contributed by atoms with Crippen LogP contribution < -0.4 is 11.0 Å². The molecule has 0 amide bonds. The molecule has 0 bridgehead atoms. The van der Waals surface area contributed by atoms with Crippen molar-refractivity contribution in [3.63, 3.8) is 0 Å². The van der Waals surface area contributed by atoms with Gasteiger partial charge in [0.2, 0.25) is 5.95 Å². The first-order chi connectivity index (χ1) is 13.0. The monoisotopic (exact) mass is 471 g/mol. The summed E-state index contributed by atoms with van der Waals surface area (Å²) in [7, 11) is 0. The van der Waals surface area contributed by atoms with Crippen LogP contribution in [0.3, 0.4) is 0 Å². The number of rotatable bonds is 4. The Balaban J connectivity index is 1.93. The number of hydrogen-bond acceptors (Lipinski definition) is 6. The van der Waals surface area contributed by atoms with Crippen LogP contribution in [-0.2, 0) is 0 Å². The lowest BCUT2D eigenvalue weighted by atomic mass is 10.1. The number of aromatic hydroxyl groups is 1. The van der Waals surface area contributed by atoms with Crippen molar-refractivity contribution in [2.24, 2.45) is 5.10 Å². The average molecular weight is 471 g/mol. The smallest absolute Gasteiger partial charge is 0.270 e. The molecule has 0 spiro atoms. The maximum atomic E-state index is 12.2. The number of aromatic amines is 1. The lowest BCUT2D eigenvalue weighted by Crippen LogP contribution is -2.16. The van der Waals surface area contributed by atoms with Gasteiger partial charge in [-0.2, -0.15) is 10.4 Å². The molecule has 0 aliphatic carbocycles. The number of nitrogens with one attached hydrogen (secondary N) is 2. The number of benzene rings is 2. The molecule has 134 valence electrons. The molecule has 2 aromatic carbocycles. The van der Waals surface area contributed by atoms with Gasteiger partial charge in [0.1, 0.15) is 17.4 Å². The van der Waals surface area contributed by atoms with Crippen molar-refractivity contribution in [1.82, 2.24) is 9.97 Å². The summed E-state index contributed by atoms with van der Waals surface area (Å²) in [6.07, 6.45) is 1.43. The molecule has 0 radical (unpaired) electrons. The van der Waals surface area contributed by atoms with Crippen LogP contribution in [0.25, 0.3) is 11.3 Å². The van der Waals surface area contributed by atoms with Crippen LogP contribution in [0.15, 0.2) is 52.4 Å². The van der Waals surface area contributed by atoms with E-state index in [9.17, 15) is 15.2 Å². The van der Waals surface area contributed by atoms with Crippen LogP contribution in [0.1, 0.15) is 16.7 Å². The van der Waals surface area contributed by atoms with E-state index in [1.807, 2.05) is 19.1 Å². The SMILES string of the molecule is Cc1cc(O)c(C=NNc2nc(-c3ccccc3)c(C#N)c(=O)[nH]2)cc1I. The fourth-order valence-electron chi connectivity index (χ4n) is 2.38. The molecule has 1 aromatic heterocycles. The van der Waals surface area contributed by atoms with Crippen molar-refractivity contribution in [2.45, 2.75) is 6.92 Å². The number of nitriles is 1. The topological polar surface area (TPSA) is 114 Å². The molecule has 3 aromatic rings. The van der Waals surface area contributed by atoms with E-state index in [1.54, 1.807) is 36.4 Å². The van der Waals surface area contributed by atoms with Crippen LogP contribution >= 0.6 is 22.6 Å². The molecular formula is C19H14IN5O2. The number of anilines is 1. The number of nitrogens with zero attached hydrogens (tertiary/aromatic N) is 3. The van der Waals surface area contributed by atoms with Gasteiger partial charge < -0.3 is 5.11 Å². The van der Waals surface area contributed by atoms with Gasteiger partial charge in [0.15, 0.2) is 0 Å². The minimum Gasteiger partial charge on any atom is -0.507 e. The third-order valence-corrected chi connectivity index (χ3v) is 4.92. The van der Waals surface area contributed by atoms with E-state index in [1.165, 1.54) is 6.21 Å². The highest BCUT2D eigenvalue weighted by atomic mass is 127. The van der Waals surface area contributed by atoms with Crippen molar-refractivity contribution in [2.75, 3.05) is 5.43 Å². The summed E-state index contributed by atoms with van der Waals surface area (Å²) < 4.78 is 0.989. The number of hydrogen-bond donors (Lipinski definition) is 3. The molecule has 3 N–H and O–H groups in total. The maximum Gasteiger partial charge on any atom is 0.270 e. The zero-order valence-electron chi connectivity index (χ0n) is 14.2. The first-order valence-electron chi connectivity index (χ1n) is 7.87. The van der Waals surface area contributed by atoms with Gasteiger partial charge >= 0.3 is 0 Å². The van der Waals surface area contributed by atoms with E-state index in [0.29, 0.717) is 11.1 Å². The van der Waals surface area contributed by atoms with Crippen LogP contribution in [0.2, 0.25) is 0 Å². The number of phenolic OH excluding ortho intramolecular Hbond substituents is 1. The zero-order valence-corrected chi connectivity index (χ0v) is 16.4. The van der Waals surface area contributed by atoms with Crippen LogP contribution in [-0.4, -0.2) is 21.3 Å². The van der Waals surface area contributed by atoms with Gasteiger partial charge in [-0.05, 0) is 47.2 Å². The first-order valence-corrected chi connectivity index (χ1v) is 8.95. The third kappa shape index (κ3) is 4.15. The summed E-state index contributed by atoms with van der Waals surface area (Å²) in [6, 6.07) is 14.3. The van der Waals surface area contributed by atoms with E-state index in [-0.39, 0.29) is 23.0 Å². The number of phenols is 1. The van der Waals surface area contributed by atoms with Gasteiger partial charge in [-0.25, -0.2) is 10.4 Å². The molecule has 27 heavy (non-hydrogen) atoms. The molecule has 0 aliphatic rings. The molecule has 0 aliphatic heterocycles. The standard InChI is InChI=1S/C19H14IN5O2/c1-11-7-16(26)13(8-15(11)20)10-22-25-19-23-17(12-5-3-2-4-6-12)14(9-21)18(27)24-19/h2-8,10,26H,1H3,(H2,23,24,25,27). The van der Waals surface area contributed by atoms with Gasteiger partial charge in [0.05, 0.1) is 11.9 Å². The molecule has 3 rings (SSSR count). The Morgan fingerprint density at radius 2 is 2.07 bits per heavy atom. The highest BCUT2D eigenvalue weighted by Gasteiger charge is 2.12. The Labute approximate surface area is 168 Å². The second-order valence-electron chi connectivity index (χ2n) is 5.65. The highest BCUT2D eigenvalue weighted by molar-refractivity contribution is 14.1. The minimum atomic E-state index is -0.559. The van der Waals surface area contributed by atoms with Crippen molar-refractivity contribution < 1.29 is 5.11 Å². The molecular weight excluding hydrogens is 457 g/mol. The molecule has 7 nitrogen and oxygen atoms in total. The molecule has 0 saturated carbocycles. The second-order valence-corrected chi connectivity index (χ2v) is 6.81. The van der Waals surface area contributed by atoms with Crippen LogP contribution in [0.4, 0.5) is 5.95 Å². The van der Waals surface area contributed by atoms with E-state index in [2.05, 4.69) is 43.1 Å². The third-order valence-electron chi connectivity index (χ3n) is 3.76. The normalized spacial score (nSPS) is 10.7. The predicted octanol–water partition coefficient (Wildman–Crippen LogP) is 3.37. The fraction of sp³-hybridized carbons (Fsp3) is 0.0526. The molecule has 0 atom stereocenters. The summed E-state index contributed by atoms with van der Waals surface area (Å²) in [5, 5.41) is 23.3. The number of halogens is 1. The quantitative estimate of drug-likeness (QED) is 0.307. The van der Waals surface area contributed by atoms with Gasteiger partial charge in [-0.3, -0.25) is 9.78 Å². The lowest BCUT2D eigenvalue weighted by Gasteiger charge is -2.06. The summed E-state index contributed by atoms with van der Waals surface area (Å²) >= 11 is 2.17. The molecule has 0 unspecified atom stereocenters. The largest absolute Gasteiger partial charge is 0.507 e. The Morgan fingerprint density at radius 3 is 2.78 bits per heavy atom. The number of aromatic nitrogens is 2. The Hall–Kier alpha value is -3.19. The molecule has 1 heterocycles. The first kappa shape index (κ1) is 18.6. The van der Waals surface area contributed by atoms with Crippen LogP contribution in [0, 0.1) is 21.8 Å². The van der Waals surface area contributed by atoms with Gasteiger partial charge in [-0.1, -0.05) is 30.3 Å². The Morgan fingerprint density at radius 1 is 1.33 bits per heavy atom. The predicted molar refractivity (Wildman–Crippen MR) is 112 cm³/mol. The number of hydrazone groups is 1. The van der Waals surface area contributed by atoms with E-state index in [4.69, 9.17) is 0 Å². The van der Waals surface area contributed by atoms with Gasteiger partial charge in [0, 0.05) is 14.7 Å². The zero-order chi connectivity index (χ0) is 19.4. The number of aryl methyl sites for hydroxylation is 1. The van der Waals surface area contributed by atoms with E-state index < -0.39 is 5.56 Å². The van der Waals surface area contributed by atoms with E-state index in [0.717, 1.165) is 9.13 Å². The highest BCUT2D eigenvalue weighted by Crippen LogP contribution is 2.22. The van der Waals surface area contributed by atoms with Crippen LogP contribution in [0.5, 0.6) is 5.75 Å². The summed E-state index contributed by atoms with van der Waals surface area (Å²) in [4.78, 5) is 19.0. The average Bonchev–Trinajstić information content (AvgIpc) is 2.66. The number of H-pyrrole nitrogens is 1. The maximum absolute atomic E-state index is 12.2. The van der Waals surface area contributed by atoms with Crippen molar-refractivity contribution >= 4 is 34.8 Å². The summed E-state index contributed by atoms with van der Waals surface area (Å²) in [6.45, 7) is 1.90. The fourth-order valence-corrected chi connectivity index (χ4v) is 2.87. The minimum absolute atomic E-state index is 0.0681. The second kappa shape index (κ2) is 8.01. The van der Waals surface area contributed by atoms with Gasteiger partial charge in [-0.15, -0.1) is 0 Å². The molecule has 0 saturated heterocycles. The van der Waals surface area contributed by atoms with Crippen molar-refractivity contribution in [3.8, 4) is 23.1 Å². The summed E-state index contributed by atoms with van der Waals surface area (Å²) in [5.41, 5.74) is 4.42. The van der Waals surface area contributed by atoms with Gasteiger partial charge in [0.25, 0.3) is 5.56 Å². The molecule has 8 heteroatoms. The van der Waals surface area contributed by atoms with E-state index >= 15 is 0 Å². The Bertz CT molecular complexity index is 1120. The van der Waals surface area contributed by atoms with Crippen molar-refractivity contribution in [3.05, 3.63) is 73.1 Å².